The van der Waals surface area contributed by atoms with E-state index in [4.69, 9.17) is 27.9 Å². The molecule has 0 aliphatic carbocycles. The second kappa shape index (κ2) is 11.3. The van der Waals surface area contributed by atoms with Gasteiger partial charge < -0.3 is 20.3 Å². The summed E-state index contributed by atoms with van der Waals surface area (Å²) in [6.45, 7) is 11.7. The van der Waals surface area contributed by atoms with Crippen LogP contribution < -0.4 is 10.6 Å². The number of ether oxygens (including phenoxy) is 1. The Hall–Kier alpha value is -2.49. The van der Waals surface area contributed by atoms with Crippen molar-refractivity contribution in [1.29, 1.82) is 0 Å². The summed E-state index contributed by atoms with van der Waals surface area (Å²) in [7, 11) is 1.62. The average molecular weight is 540 g/mol. The fraction of sp³-hybridized carbons (Fsp3) is 0.560. The fourth-order valence-corrected chi connectivity index (χ4v) is 4.87. The smallest absolute Gasteiger partial charge is 0.338 e. The molecule has 2 atom stereocenters. The molecule has 2 heterocycles. The average Bonchev–Trinajstić information content (AvgIpc) is 2.77. The van der Waals surface area contributed by atoms with E-state index in [1.807, 2.05) is 32.6 Å². The summed E-state index contributed by atoms with van der Waals surface area (Å²) in [5.74, 6) is -0.531. The molecule has 0 saturated carbocycles. The maximum absolute atomic E-state index is 13.2. The number of piperazine rings is 1. The van der Waals surface area contributed by atoms with Crippen LogP contribution in [-0.4, -0.2) is 84.1 Å². The Bertz CT molecular complexity index is 1060. The van der Waals surface area contributed by atoms with Crippen LogP contribution in [0.4, 0.5) is 9.59 Å². The molecule has 9 nitrogen and oxygen atoms in total. The van der Waals surface area contributed by atoms with E-state index in [9.17, 15) is 14.4 Å². The molecule has 11 heteroatoms. The topological polar surface area (TPSA) is 94.2 Å². The zero-order valence-corrected chi connectivity index (χ0v) is 23.2. The summed E-state index contributed by atoms with van der Waals surface area (Å²) in [5.41, 5.74) is 1.02. The Morgan fingerprint density at radius 3 is 2.53 bits per heavy atom. The summed E-state index contributed by atoms with van der Waals surface area (Å²) in [5, 5.41) is 6.47. The highest BCUT2D eigenvalue weighted by atomic mass is 35.5. The van der Waals surface area contributed by atoms with Gasteiger partial charge in [0.1, 0.15) is 0 Å². The van der Waals surface area contributed by atoms with Gasteiger partial charge >= 0.3 is 18.0 Å². The van der Waals surface area contributed by atoms with Gasteiger partial charge in [0.05, 0.1) is 28.3 Å². The van der Waals surface area contributed by atoms with Gasteiger partial charge in [0, 0.05) is 50.5 Å². The molecule has 1 saturated heterocycles. The molecule has 0 bridgehead atoms. The number of nitrogens with zero attached hydrogens (tertiary/aromatic N) is 3. The van der Waals surface area contributed by atoms with Crippen molar-refractivity contribution < 1.29 is 19.1 Å². The molecule has 198 valence electrons. The molecule has 1 aromatic rings. The third-order valence-electron chi connectivity index (χ3n) is 6.19. The van der Waals surface area contributed by atoms with E-state index in [2.05, 4.69) is 15.5 Å². The number of carbonyl (C=O) groups excluding carboxylic acids is 3. The summed E-state index contributed by atoms with van der Waals surface area (Å²) >= 11 is 12.7. The van der Waals surface area contributed by atoms with Crippen LogP contribution in [0.5, 0.6) is 0 Å². The Balaban J connectivity index is 1.93. The summed E-state index contributed by atoms with van der Waals surface area (Å²) in [6.07, 6.45) is 0. The van der Waals surface area contributed by atoms with Gasteiger partial charge in [-0.15, -0.1) is 0 Å². The zero-order chi connectivity index (χ0) is 26.8. The zero-order valence-electron chi connectivity index (χ0n) is 21.7. The first kappa shape index (κ1) is 28.1. The van der Waals surface area contributed by atoms with Crippen molar-refractivity contribution in [3.63, 3.8) is 0 Å². The molecule has 2 N–H and O–H groups in total. The number of carbonyl (C=O) groups is 3. The van der Waals surface area contributed by atoms with E-state index in [1.54, 1.807) is 32.2 Å². The first-order chi connectivity index (χ1) is 16.8. The summed E-state index contributed by atoms with van der Waals surface area (Å²) in [4.78, 5) is 44.3. The maximum Gasteiger partial charge on any atom is 0.338 e. The number of likely N-dealkylation sites (N-methyl/N-ethyl adjacent to an activating group) is 1. The van der Waals surface area contributed by atoms with Gasteiger partial charge in [-0.1, -0.05) is 35.3 Å². The second-order valence-electron chi connectivity index (χ2n) is 10.1. The first-order valence-corrected chi connectivity index (χ1v) is 12.8. The van der Waals surface area contributed by atoms with Gasteiger partial charge in [-0.05, 0) is 46.2 Å². The normalized spacial score (nSPS) is 21.4. The molecule has 2 aliphatic rings. The van der Waals surface area contributed by atoms with Crippen molar-refractivity contribution in [1.82, 2.24) is 25.3 Å². The lowest BCUT2D eigenvalue weighted by Crippen LogP contribution is -2.59. The molecule has 0 spiro atoms. The molecule has 0 radical (unpaired) electrons. The number of amides is 4. The van der Waals surface area contributed by atoms with Crippen LogP contribution >= 0.6 is 23.2 Å². The van der Waals surface area contributed by atoms with Gasteiger partial charge in [-0.3, -0.25) is 9.80 Å². The van der Waals surface area contributed by atoms with Crippen molar-refractivity contribution in [3.05, 3.63) is 45.1 Å². The molecular weight excluding hydrogens is 505 g/mol. The number of hydrogen-bond acceptors (Lipinski definition) is 5. The molecule has 2 aliphatic heterocycles. The molecule has 4 amide bonds. The van der Waals surface area contributed by atoms with E-state index in [0.717, 1.165) is 0 Å². The number of rotatable bonds is 5. The summed E-state index contributed by atoms with van der Waals surface area (Å²) < 4.78 is 5.39. The minimum Gasteiger partial charge on any atom is -0.463 e. The second-order valence-corrected chi connectivity index (χ2v) is 10.9. The van der Waals surface area contributed by atoms with Crippen molar-refractivity contribution >= 4 is 41.2 Å². The van der Waals surface area contributed by atoms with E-state index < -0.39 is 12.0 Å². The summed E-state index contributed by atoms with van der Waals surface area (Å²) in [6, 6.07) is 3.76. The van der Waals surface area contributed by atoms with Crippen LogP contribution in [0.1, 0.15) is 46.2 Å². The molecule has 1 aromatic carbocycles. The van der Waals surface area contributed by atoms with Crippen molar-refractivity contribution in [2.24, 2.45) is 0 Å². The SMILES string of the molecule is CCOC(=O)C1=C(CN2CCN(C(=O)NC(C)(C)C)[C@@H](C)C2)N(C)C(=O)N[C@H]1c1cccc(Cl)c1Cl. The Kier molecular flexibility index (Phi) is 8.80. The predicted octanol–water partition coefficient (Wildman–Crippen LogP) is 4.02. The van der Waals surface area contributed by atoms with Crippen LogP contribution in [0, 0.1) is 0 Å². The first-order valence-electron chi connectivity index (χ1n) is 12.0. The van der Waals surface area contributed by atoms with Gasteiger partial charge in [0.2, 0.25) is 0 Å². The highest BCUT2D eigenvalue weighted by Gasteiger charge is 2.39. The van der Waals surface area contributed by atoms with Crippen LogP contribution in [0.3, 0.4) is 0 Å². The minimum atomic E-state index is -0.815. The third-order valence-corrected chi connectivity index (χ3v) is 7.03. The van der Waals surface area contributed by atoms with Crippen LogP contribution in [-0.2, 0) is 9.53 Å². The van der Waals surface area contributed by atoms with Crippen LogP contribution in [0.25, 0.3) is 0 Å². The predicted molar refractivity (Wildman–Crippen MR) is 140 cm³/mol. The Morgan fingerprint density at radius 2 is 1.92 bits per heavy atom. The molecule has 0 aromatic heterocycles. The fourth-order valence-electron chi connectivity index (χ4n) is 4.46. The highest BCUT2D eigenvalue weighted by molar-refractivity contribution is 6.42. The number of halogens is 2. The van der Waals surface area contributed by atoms with Gasteiger partial charge in [0.15, 0.2) is 0 Å². The Labute approximate surface area is 222 Å². The van der Waals surface area contributed by atoms with E-state index in [-0.39, 0.29) is 35.3 Å². The number of hydrogen-bond donors (Lipinski definition) is 2. The number of benzene rings is 1. The number of nitrogens with one attached hydrogen (secondary N) is 2. The molecule has 3 rings (SSSR count). The molecule has 1 fully saturated rings. The van der Waals surface area contributed by atoms with Crippen LogP contribution in [0.15, 0.2) is 29.5 Å². The largest absolute Gasteiger partial charge is 0.463 e. The standard InChI is InChI=1S/C25H35Cl2N5O4/c1-7-36-22(33)19-18(14-31-11-12-32(15(2)13-31)24(35)29-25(3,4)5)30(6)23(34)28-21(19)16-9-8-10-17(26)20(16)27/h8-10,15,21H,7,11-14H2,1-6H3,(H,28,34)(H,29,35)/t15-,21-/m0/s1. The number of esters is 1. The van der Waals surface area contributed by atoms with E-state index in [1.165, 1.54) is 4.90 Å². The van der Waals surface area contributed by atoms with Crippen molar-refractivity contribution in [2.45, 2.75) is 52.2 Å². The van der Waals surface area contributed by atoms with Gasteiger partial charge in [-0.25, -0.2) is 14.4 Å². The lowest BCUT2D eigenvalue weighted by Gasteiger charge is -2.43. The molecular formula is C25H35Cl2N5O4. The van der Waals surface area contributed by atoms with E-state index >= 15 is 0 Å². The third kappa shape index (κ3) is 6.25. The van der Waals surface area contributed by atoms with Gasteiger partial charge in [0.25, 0.3) is 0 Å². The molecule has 0 unspecified atom stereocenters. The quantitative estimate of drug-likeness (QED) is 0.551. The Morgan fingerprint density at radius 1 is 1.22 bits per heavy atom. The lowest BCUT2D eigenvalue weighted by atomic mass is 9.94. The monoisotopic (exact) mass is 539 g/mol. The molecule has 36 heavy (non-hydrogen) atoms. The maximum atomic E-state index is 13.2. The number of urea groups is 2. The van der Waals surface area contributed by atoms with Crippen molar-refractivity contribution in [3.8, 4) is 0 Å². The minimum absolute atomic E-state index is 0.0614. The van der Waals surface area contributed by atoms with E-state index in [0.29, 0.717) is 48.0 Å². The lowest BCUT2D eigenvalue weighted by molar-refractivity contribution is -0.139. The van der Waals surface area contributed by atoms with Crippen molar-refractivity contribution in [2.75, 3.05) is 39.8 Å². The van der Waals surface area contributed by atoms with Crippen LogP contribution in [0.2, 0.25) is 10.0 Å². The van der Waals surface area contributed by atoms with Gasteiger partial charge in [-0.2, -0.15) is 0 Å². The highest BCUT2D eigenvalue weighted by Crippen LogP contribution is 2.37.